The van der Waals surface area contributed by atoms with Gasteiger partial charge < -0.3 is 10.1 Å². The fourth-order valence-corrected chi connectivity index (χ4v) is 1.20. The molecule has 1 unspecified atom stereocenters. The van der Waals surface area contributed by atoms with Crippen LogP contribution in [0, 0.1) is 12.3 Å². The van der Waals surface area contributed by atoms with Gasteiger partial charge in [0.05, 0.1) is 12.2 Å². The zero-order valence-corrected chi connectivity index (χ0v) is 10.6. The molecule has 0 saturated carbocycles. The Morgan fingerprint density at radius 3 is 2.53 bits per heavy atom. The van der Waals surface area contributed by atoms with Crippen LogP contribution in [0.3, 0.4) is 0 Å². The Bertz CT molecular complexity index is 188. The lowest BCUT2D eigenvalue weighted by molar-refractivity contribution is -0.0151. The summed E-state index contributed by atoms with van der Waals surface area (Å²) in [6.45, 7) is 10.2. The highest BCUT2D eigenvalue weighted by Crippen LogP contribution is 2.09. The summed E-state index contributed by atoms with van der Waals surface area (Å²) < 4.78 is 5.75. The molecule has 0 rings (SSSR count). The van der Waals surface area contributed by atoms with E-state index in [0.717, 1.165) is 32.4 Å². The average Bonchev–Trinajstić information content (AvgIpc) is 2.15. The third kappa shape index (κ3) is 9.78. The van der Waals surface area contributed by atoms with Gasteiger partial charge >= 0.3 is 0 Å². The molecule has 0 amide bonds. The maximum absolute atomic E-state index is 5.75. The lowest BCUT2D eigenvalue weighted by Gasteiger charge is -2.24. The molecule has 0 aliphatic carbocycles. The average molecular weight is 211 g/mol. The fraction of sp³-hybridized carbons (Fsp3) is 0.846. The van der Waals surface area contributed by atoms with Gasteiger partial charge in [0, 0.05) is 12.5 Å². The molecule has 0 heterocycles. The van der Waals surface area contributed by atoms with Gasteiger partial charge in [-0.3, -0.25) is 0 Å². The van der Waals surface area contributed by atoms with E-state index in [4.69, 9.17) is 11.2 Å². The van der Waals surface area contributed by atoms with Crippen LogP contribution in [0.25, 0.3) is 0 Å². The highest BCUT2D eigenvalue weighted by atomic mass is 16.5. The second kappa shape index (κ2) is 7.73. The Hall–Kier alpha value is -0.520. The van der Waals surface area contributed by atoms with Crippen LogP contribution in [-0.2, 0) is 4.74 Å². The van der Waals surface area contributed by atoms with Gasteiger partial charge in [0.2, 0.25) is 0 Å². The number of nitrogens with one attached hydrogen (secondary N) is 1. The van der Waals surface area contributed by atoms with Crippen LogP contribution in [0.2, 0.25) is 0 Å². The largest absolute Gasteiger partial charge is 0.374 e. The summed E-state index contributed by atoms with van der Waals surface area (Å²) in [5, 5.41) is 3.46. The van der Waals surface area contributed by atoms with Crippen molar-refractivity contribution in [2.45, 2.75) is 58.6 Å². The van der Waals surface area contributed by atoms with E-state index in [0.29, 0.717) is 6.04 Å². The van der Waals surface area contributed by atoms with E-state index in [1.807, 2.05) is 0 Å². The molecule has 0 aromatic rings. The van der Waals surface area contributed by atoms with E-state index < -0.39 is 0 Å². The molecule has 0 fully saturated rings. The van der Waals surface area contributed by atoms with Gasteiger partial charge in [-0.25, -0.2) is 0 Å². The Morgan fingerprint density at radius 2 is 2.07 bits per heavy atom. The van der Waals surface area contributed by atoms with Crippen molar-refractivity contribution in [2.24, 2.45) is 0 Å². The highest BCUT2D eigenvalue weighted by molar-refractivity contribution is 4.85. The smallest absolute Gasteiger partial charge is 0.0627 e. The first-order chi connectivity index (χ1) is 6.99. The molecule has 15 heavy (non-hydrogen) atoms. The SMILES string of the molecule is C#CCCC(COC(C)(C)C)NCCC. The first-order valence-corrected chi connectivity index (χ1v) is 5.80. The van der Waals surface area contributed by atoms with Crippen LogP contribution in [0.15, 0.2) is 0 Å². The molecule has 2 heteroatoms. The van der Waals surface area contributed by atoms with Crippen molar-refractivity contribution >= 4 is 0 Å². The third-order valence-electron chi connectivity index (χ3n) is 2.04. The Kier molecular flexibility index (Phi) is 7.46. The van der Waals surface area contributed by atoms with Crippen LogP contribution in [-0.4, -0.2) is 24.8 Å². The molecule has 88 valence electrons. The van der Waals surface area contributed by atoms with Crippen molar-refractivity contribution in [3.8, 4) is 12.3 Å². The van der Waals surface area contributed by atoms with Crippen LogP contribution in [0.4, 0.5) is 0 Å². The maximum Gasteiger partial charge on any atom is 0.0627 e. The number of hydrogen-bond donors (Lipinski definition) is 1. The van der Waals surface area contributed by atoms with Gasteiger partial charge in [0.25, 0.3) is 0 Å². The summed E-state index contributed by atoms with van der Waals surface area (Å²) in [6.07, 6.45) is 8.22. The molecule has 2 nitrogen and oxygen atoms in total. The van der Waals surface area contributed by atoms with Gasteiger partial charge in [-0.1, -0.05) is 6.92 Å². The summed E-state index contributed by atoms with van der Waals surface area (Å²) in [4.78, 5) is 0. The minimum Gasteiger partial charge on any atom is -0.374 e. The van der Waals surface area contributed by atoms with Crippen LogP contribution >= 0.6 is 0 Å². The molecule has 0 radical (unpaired) electrons. The molecule has 0 saturated heterocycles. The minimum absolute atomic E-state index is 0.0672. The molecular weight excluding hydrogens is 186 g/mol. The van der Waals surface area contributed by atoms with E-state index in [1.54, 1.807) is 0 Å². The lowest BCUT2D eigenvalue weighted by Crippen LogP contribution is -2.37. The van der Waals surface area contributed by atoms with Gasteiger partial charge in [-0.05, 0) is 40.2 Å². The number of hydrogen-bond acceptors (Lipinski definition) is 2. The van der Waals surface area contributed by atoms with E-state index in [9.17, 15) is 0 Å². The van der Waals surface area contributed by atoms with Crippen molar-refractivity contribution in [3.05, 3.63) is 0 Å². The predicted molar refractivity (Wildman–Crippen MR) is 65.9 cm³/mol. The van der Waals surface area contributed by atoms with Gasteiger partial charge in [0.15, 0.2) is 0 Å². The Labute approximate surface area is 94.8 Å². The van der Waals surface area contributed by atoms with Crippen molar-refractivity contribution < 1.29 is 4.74 Å². The highest BCUT2D eigenvalue weighted by Gasteiger charge is 2.14. The van der Waals surface area contributed by atoms with Gasteiger partial charge in [-0.15, -0.1) is 12.3 Å². The monoisotopic (exact) mass is 211 g/mol. The second-order valence-corrected chi connectivity index (χ2v) is 4.82. The lowest BCUT2D eigenvalue weighted by atomic mass is 10.1. The van der Waals surface area contributed by atoms with Crippen LogP contribution < -0.4 is 5.32 Å². The van der Waals surface area contributed by atoms with Gasteiger partial charge in [-0.2, -0.15) is 0 Å². The molecular formula is C13H25NO. The summed E-state index contributed by atoms with van der Waals surface area (Å²) in [5.74, 6) is 2.68. The zero-order chi connectivity index (χ0) is 11.7. The zero-order valence-electron chi connectivity index (χ0n) is 10.6. The molecule has 0 aliphatic rings. The molecule has 1 N–H and O–H groups in total. The minimum atomic E-state index is -0.0672. The van der Waals surface area contributed by atoms with Crippen molar-refractivity contribution in [1.29, 1.82) is 0 Å². The second-order valence-electron chi connectivity index (χ2n) is 4.82. The summed E-state index contributed by atoms with van der Waals surface area (Å²) in [7, 11) is 0. The molecule has 0 aliphatic heterocycles. The van der Waals surface area contributed by atoms with Crippen molar-refractivity contribution in [3.63, 3.8) is 0 Å². The van der Waals surface area contributed by atoms with E-state index in [1.165, 1.54) is 0 Å². The van der Waals surface area contributed by atoms with Crippen LogP contribution in [0.5, 0.6) is 0 Å². The molecule has 0 spiro atoms. The summed E-state index contributed by atoms with van der Waals surface area (Å²) in [6, 6.07) is 0.389. The third-order valence-corrected chi connectivity index (χ3v) is 2.04. The summed E-state index contributed by atoms with van der Waals surface area (Å²) in [5.41, 5.74) is -0.0672. The van der Waals surface area contributed by atoms with Crippen molar-refractivity contribution in [2.75, 3.05) is 13.2 Å². The molecule has 0 aromatic carbocycles. The fourth-order valence-electron chi connectivity index (χ4n) is 1.20. The topological polar surface area (TPSA) is 21.3 Å². The molecule has 1 atom stereocenters. The number of terminal acetylenes is 1. The number of ether oxygens (including phenoxy) is 1. The first kappa shape index (κ1) is 14.5. The standard InChI is InChI=1S/C13H25NO/c1-6-8-9-12(14-10-7-2)11-15-13(3,4)5/h1,12,14H,7-11H2,2-5H3. The molecule has 0 bridgehead atoms. The summed E-state index contributed by atoms with van der Waals surface area (Å²) >= 11 is 0. The normalized spacial score (nSPS) is 13.5. The first-order valence-electron chi connectivity index (χ1n) is 5.80. The van der Waals surface area contributed by atoms with E-state index in [-0.39, 0.29) is 5.60 Å². The number of rotatable bonds is 7. The maximum atomic E-state index is 5.75. The Balaban J connectivity index is 3.85. The van der Waals surface area contributed by atoms with Gasteiger partial charge in [0.1, 0.15) is 0 Å². The molecule has 0 aromatic heterocycles. The van der Waals surface area contributed by atoms with E-state index in [2.05, 4.69) is 38.9 Å². The predicted octanol–water partition coefficient (Wildman–Crippen LogP) is 2.58. The van der Waals surface area contributed by atoms with Crippen LogP contribution in [0.1, 0.15) is 47.0 Å². The van der Waals surface area contributed by atoms with Crippen molar-refractivity contribution in [1.82, 2.24) is 5.32 Å². The Morgan fingerprint density at radius 1 is 1.40 bits per heavy atom. The quantitative estimate of drug-likeness (QED) is 0.654. The van der Waals surface area contributed by atoms with E-state index >= 15 is 0 Å².